The smallest absolute Gasteiger partial charge is 0.220 e. The van der Waals surface area contributed by atoms with Crippen LogP contribution in [0.2, 0.25) is 0 Å². The molecule has 2 rings (SSSR count). The van der Waals surface area contributed by atoms with Crippen molar-refractivity contribution in [3.63, 3.8) is 0 Å². The van der Waals surface area contributed by atoms with Gasteiger partial charge in [-0.05, 0) is 31.3 Å². The predicted octanol–water partition coefficient (Wildman–Crippen LogP) is 3.25. The average Bonchev–Trinajstić information content (AvgIpc) is 2.94. The summed E-state index contributed by atoms with van der Waals surface area (Å²) in [5.74, 6) is 0.803. The van der Waals surface area contributed by atoms with Crippen LogP contribution in [-0.2, 0) is 14.4 Å². The molecule has 2 aliphatic rings. The van der Waals surface area contributed by atoms with Gasteiger partial charge in [-0.15, -0.1) is 0 Å². The summed E-state index contributed by atoms with van der Waals surface area (Å²) >= 11 is 0. The molecule has 1 N–H and O–H groups in total. The van der Waals surface area contributed by atoms with Crippen LogP contribution in [0, 0.1) is 17.8 Å². The van der Waals surface area contributed by atoms with Crippen molar-refractivity contribution in [3.8, 4) is 0 Å². The minimum Gasteiger partial charge on any atom is -0.392 e. The van der Waals surface area contributed by atoms with Crippen molar-refractivity contribution in [2.24, 2.45) is 22.9 Å². The molecule has 134 valence electrons. The van der Waals surface area contributed by atoms with E-state index in [2.05, 4.69) is 31.2 Å². The summed E-state index contributed by atoms with van der Waals surface area (Å²) in [7, 11) is 0. The molecule has 0 spiro atoms. The van der Waals surface area contributed by atoms with Gasteiger partial charge in [0.1, 0.15) is 6.10 Å². The van der Waals surface area contributed by atoms with Crippen LogP contribution in [0.4, 0.5) is 0 Å². The third kappa shape index (κ3) is 5.18. The maximum Gasteiger partial charge on any atom is 0.220 e. The normalized spacial score (nSPS) is 26.4. The Labute approximate surface area is 144 Å². The zero-order valence-electron chi connectivity index (χ0n) is 15.1. The van der Waals surface area contributed by atoms with E-state index in [1.165, 1.54) is 0 Å². The number of hydrogen-bond donors (Lipinski definition) is 1. The van der Waals surface area contributed by atoms with E-state index in [9.17, 15) is 9.59 Å². The van der Waals surface area contributed by atoms with Crippen molar-refractivity contribution in [3.05, 3.63) is 12.2 Å². The van der Waals surface area contributed by atoms with Gasteiger partial charge in [-0.3, -0.25) is 9.59 Å². The SMILES string of the molecule is CCCCC1ON=C(C2C=CC(=O)CC2)C1CC(=O)NCC(C)C. The summed E-state index contributed by atoms with van der Waals surface area (Å²) in [5, 5.41) is 7.32. The lowest BCUT2D eigenvalue weighted by atomic mass is 9.80. The van der Waals surface area contributed by atoms with Crippen molar-refractivity contribution < 1.29 is 14.4 Å². The number of carbonyl (C=O) groups excluding carboxylic acids is 2. The summed E-state index contributed by atoms with van der Waals surface area (Å²) in [6.07, 6.45) is 8.36. The number of amides is 1. The Balaban J connectivity index is 2.03. The number of rotatable bonds is 8. The van der Waals surface area contributed by atoms with Crippen LogP contribution in [0.15, 0.2) is 17.3 Å². The Morgan fingerprint density at radius 1 is 1.46 bits per heavy atom. The third-order valence-corrected chi connectivity index (χ3v) is 4.67. The molecule has 1 heterocycles. The monoisotopic (exact) mass is 334 g/mol. The highest BCUT2D eigenvalue weighted by molar-refractivity contribution is 5.98. The fraction of sp³-hybridized carbons (Fsp3) is 0.737. The topological polar surface area (TPSA) is 67.8 Å². The van der Waals surface area contributed by atoms with E-state index < -0.39 is 0 Å². The molecule has 0 bridgehead atoms. The van der Waals surface area contributed by atoms with Crippen LogP contribution in [-0.4, -0.2) is 30.1 Å². The van der Waals surface area contributed by atoms with Gasteiger partial charge in [0.2, 0.25) is 5.91 Å². The zero-order chi connectivity index (χ0) is 17.5. The minimum absolute atomic E-state index is 0.0178. The Morgan fingerprint density at radius 3 is 2.88 bits per heavy atom. The van der Waals surface area contributed by atoms with E-state index in [0.29, 0.717) is 25.3 Å². The predicted molar refractivity (Wildman–Crippen MR) is 94.7 cm³/mol. The lowest BCUT2D eigenvalue weighted by Gasteiger charge is -2.23. The Morgan fingerprint density at radius 2 is 2.25 bits per heavy atom. The van der Waals surface area contributed by atoms with E-state index in [4.69, 9.17) is 4.84 Å². The Kier molecular flexibility index (Phi) is 7.00. The second kappa shape index (κ2) is 9.00. The number of nitrogens with one attached hydrogen (secondary N) is 1. The molecule has 3 atom stereocenters. The van der Waals surface area contributed by atoms with E-state index in [-0.39, 0.29) is 29.6 Å². The van der Waals surface area contributed by atoms with Gasteiger partial charge >= 0.3 is 0 Å². The van der Waals surface area contributed by atoms with Gasteiger partial charge in [-0.25, -0.2) is 0 Å². The summed E-state index contributed by atoms with van der Waals surface area (Å²) < 4.78 is 0. The second-order valence-corrected chi connectivity index (χ2v) is 7.28. The van der Waals surface area contributed by atoms with Gasteiger partial charge < -0.3 is 10.2 Å². The van der Waals surface area contributed by atoms with Crippen LogP contribution in [0.5, 0.6) is 0 Å². The molecule has 3 unspecified atom stereocenters. The molecular weight excluding hydrogens is 304 g/mol. The Bertz CT molecular complexity index is 511. The summed E-state index contributed by atoms with van der Waals surface area (Å²) in [6, 6.07) is 0. The fourth-order valence-corrected chi connectivity index (χ4v) is 3.24. The highest BCUT2D eigenvalue weighted by atomic mass is 16.6. The second-order valence-electron chi connectivity index (χ2n) is 7.28. The Hall–Kier alpha value is -1.65. The average molecular weight is 334 g/mol. The molecule has 0 aromatic rings. The van der Waals surface area contributed by atoms with Crippen molar-refractivity contribution in [2.45, 2.75) is 65.4 Å². The zero-order valence-corrected chi connectivity index (χ0v) is 15.1. The highest BCUT2D eigenvalue weighted by Gasteiger charge is 2.38. The molecule has 0 aromatic carbocycles. The van der Waals surface area contributed by atoms with Gasteiger partial charge in [0.15, 0.2) is 5.78 Å². The third-order valence-electron chi connectivity index (χ3n) is 4.67. The molecule has 0 saturated carbocycles. The lowest BCUT2D eigenvalue weighted by molar-refractivity contribution is -0.122. The van der Waals surface area contributed by atoms with E-state index in [0.717, 1.165) is 31.4 Å². The molecule has 0 aromatic heterocycles. The number of carbonyl (C=O) groups is 2. The van der Waals surface area contributed by atoms with Crippen LogP contribution >= 0.6 is 0 Å². The number of unbranched alkanes of at least 4 members (excludes halogenated alkanes) is 1. The van der Waals surface area contributed by atoms with E-state index >= 15 is 0 Å². The standard InChI is InChI=1S/C19H30N2O3/c1-4-5-6-17-16(11-18(23)20-12-13(2)3)19(21-24-17)14-7-9-15(22)10-8-14/h7,9,13-14,16-17H,4-6,8,10-12H2,1-3H3,(H,20,23). The largest absolute Gasteiger partial charge is 0.392 e. The van der Waals surface area contributed by atoms with Crippen LogP contribution in [0.1, 0.15) is 59.3 Å². The van der Waals surface area contributed by atoms with Gasteiger partial charge in [0, 0.05) is 31.2 Å². The number of oxime groups is 1. The van der Waals surface area contributed by atoms with E-state index in [1.54, 1.807) is 6.08 Å². The maximum absolute atomic E-state index is 12.3. The van der Waals surface area contributed by atoms with Crippen molar-refractivity contribution >= 4 is 17.4 Å². The van der Waals surface area contributed by atoms with Gasteiger partial charge in [0.25, 0.3) is 0 Å². The van der Waals surface area contributed by atoms with Crippen molar-refractivity contribution in [1.82, 2.24) is 5.32 Å². The molecule has 24 heavy (non-hydrogen) atoms. The first-order chi connectivity index (χ1) is 11.5. The summed E-state index contributed by atoms with van der Waals surface area (Å²) in [5.41, 5.74) is 0.944. The van der Waals surface area contributed by atoms with Gasteiger partial charge in [-0.2, -0.15) is 0 Å². The fourth-order valence-electron chi connectivity index (χ4n) is 3.24. The first-order valence-corrected chi connectivity index (χ1v) is 9.22. The van der Waals surface area contributed by atoms with Crippen LogP contribution < -0.4 is 5.32 Å². The lowest BCUT2D eigenvalue weighted by Crippen LogP contribution is -2.36. The molecule has 0 saturated heterocycles. The molecule has 1 aliphatic carbocycles. The number of ketones is 1. The summed E-state index contributed by atoms with van der Waals surface area (Å²) in [6.45, 7) is 7.01. The van der Waals surface area contributed by atoms with Crippen molar-refractivity contribution in [1.29, 1.82) is 0 Å². The summed E-state index contributed by atoms with van der Waals surface area (Å²) in [4.78, 5) is 29.4. The van der Waals surface area contributed by atoms with Crippen molar-refractivity contribution in [2.75, 3.05) is 6.54 Å². The first-order valence-electron chi connectivity index (χ1n) is 9.22. The molecule has 0 radical (unpaired) electrons. The maximum atomic E-state index is 12.3. The van der Waals surface area contributed by atoms with Gasteiger partial charge in [-0.1, -0.05) is 38.4 Å². The number of hydrogen-bond acceptors (Lipinski definition) is 4. The quantitative estimate of drug-likeness (QED) is 0.741. The molecule has 1 aliphatic heterocycles. The molecule has 1 amide bonds. The van der Waals surface area contributed by atoms with Gasteiger partial charge in [0.05, 0.1) is 5.71 Å². The molecule has 0 fully saturated rings. The number of allylic oxidation sites excluding steroid dienone is 2. The van der Waals surface area contributed by atoms with Crippen LogP contribution in [0.25, 0.3) is 0 Å². The minimum atomic E-state index is -0.0178. The van der Waals surface area contributed by atoms with Crippen LogP contribution in [0.3, 0.4) is 0 Å². The molecular formula is C19H30N2O3. The molecule has 5 heteroatoms. The first kappa shape index (κ1) is 18.7. The molecule has 5 nitrogen and oxygen atoms in total. The van der Waals surface area contributed by atoms with E-state index in [1.807, 2.05) is 6.08 Å². The highest BCUT2D eigenvalue weighted by Crippen LogP contribution is 2.32. The number of nitrogens with zero attached hydrogens (tertiary/aromatic N) is 1.